The van der Waals surface area contributed by atoms with Crippen LogP contribution in [-0.2, 0) is 0 Å². The third-order valence-electron chi connectivity index (χ3n) is 2.14. The predicted molar refractivity (Wildman–Crippen MR) is 130 cm³/mol. The molecule has 0 radical (unpaired) electrons. The average molecular weight is 527 g/mol. The Morgan fingerprint density at radius 2 is 1.04 bits per heavy atom. The molecule has 0 atom stereocenters. The van der Waals surface area contributed by atoms with Gasteiger partial charge in [0.1, 0.15) is 0 Å². The first kappa shape index (κ1) is 24.9. The Hall–Kier alpha value is 2.82. The maximum atomic E-state index is 6.61. The van der Waals surface area contributed by atoms with Gasteiger partial charge in [0.05, 0.1) is 0 Å². The van der Waals surface area contributed by atoms with Gasteiger partial charge in [-0.1, -0.05) is 73.2 Å². The smallest absolute Gasteiger partial charge is 0.256 e. The van der Waals surface area contributed by atoms with Crippen molar-refractivity contribution >= 4 is 92.6 Å². The van der Waals surface area contributed by atoms with Gasteiger partial charge in [-0.05, 0) is 45.5 Å². The molecule has 0 saturated heterocycles. The van der Waals surface area contributed by atoms with E-state index < -0.39 is 24.6 Å². The van der Waals surface area contributed by atoms with Gasteiger partial charge in [0.25, 0.3) is 5.91 Å². The Kier molecular flexibility index (Phi) is 10.9. The van der Waals surface area contributed by atoms with E-state index in [-0.39, 0.29) is 0 Å². The molecule has 0 aromatic heterocycles. The van der Waals surface area contributed by atoms with Crippen LogP contribution in [0.2, 0.25) is 0 Å². The van der Waals surface area contributed by atoms with E-state index in [1.54, 1.807) is 45.5 Å². The van der Waals surface area contributed by atoms with Crippen molar-refractivity contribution in [2.45, 2.75) is 27.7 Å². The van der Waals surface area contributed by atoms with Gasteiger partial charge in [-0.15, -0.1) is 0 Å². The van der Waals surface area contributed by atoms with Crippen molar-refractivity contribution in [3.05, 3.63) is 0 Å². The Morgan fingerprint density at radius 1 is 0.667 bits per heavy atom. The highest BCUT2D eigenvalue weighted by Gasteiger charge is 2.34. The monoisotopic (exact) mass is 526 g/mol. The molecule has 0 aromatic carbocycles. The molecule has 0 saturated carbocycles. The van der Waals surface area contributed by atoms with E-state index in [0.29, 0.717) is 0 Å². The molecule has 24 heavy (non-hydrogen) atoms. The summed E-state index contributed by atoms with van der Waals surface area (Å²) in [5.74, 6) is 0.418. The highest BCUT2D eigenvalue weighted by molar-refractivity contribution is 8.92. The molecule has 4 N–H and O–H groups in total. The Balaban J connectivity index is 3.76. The first-order chi connectivity index (χ1) is 11.1. The van der Waals surface area contributed by atoms with Crippen LogP contribution >= 0.6 is 92.6 Å². The van der Waals surface area contributed by atoms with Crippen molar-refractivity contribution in [2.24, 2.45) is 29.1 Å². The van der Waals surface area contributed by atoms with Crippen LogP contribution in [0.4, 0.5) is 0 Å². The quantitative estimate of drug-likeness (QED) is 0.305. The van der Waals surface area contributed by atoms with Gasteiger partial charge in [0.2, 0.25) is 7.51 Å². The lowest BCUT2D eigenvalue weighted by atomic mass is 11.0. The zero-order valence-electron chi connectivity index (χ0n) is 13.9. The van der Waals surface area contributed by atoms with Crippen LogP contribution in [0.1, 0.15) is 27.7 Å². The number of nitrogens with zero attached hydrogens (tertiary/aromatic N) is 4. The van der Waals surface area contributed by atoms with Crippen LogP contribution in [-0.4, -0.2) is 23.0 Å². The fourth-order valence-corrected chi connectivity index (χ4v) is 39.5. The molecule has 0 aromatic rings. The highest BCUT2D eigenvalue weighted by atomic mass is 35.9. The average Bonchev–Trinajstić information content (AvgIpc) is 2.35. The standard InChI is InChI=1S/C8H24Cl2N6P4S4/c1-5-21-19(22-6-2)13-17(9,10)14-20(23-7-3,24-8-4)16-18(11,12)15-19/h5-8,11-12H2,1-4H3. The maximum Gasteiger partial charge on any atom is 0.256 e. The summed E-state index contributed by atoms with van der Waals surface area (Å²) in [5.41, 5.74) is 8.11. The predicted octanol–water partition coefficient (Wildman–Crippen LogP) is 9.19. The summed E-state index contributed by atoms with van der Waals surface area (Å²) in [6, 6.07) is 0. The summed E-state index contributed by atoms with van der Waals surface area (Å²) in [5, 5.41) is 0. The van der Waals surface area contributed by atoms with Crippen LogP contribution in [0.3, 0.4) is 0 Å². The topological polar surface area (TPSA) is 101 Å². The van der Waals surface area contributed by atoms with E-state index in [9.17, 15) is 0 Å². The van der Waals surface area contributed by atoms with E-state index in [2.05, 4.69) is 0 Å². The van der Waals surface area contributed by atoms with Crippen molar-refractivity contribution in [1.82, 2.24) is 0 Å². The Morgan fingerprint density at radius 3 is 1.42 bits per heavy atom. The fraction of sp³-hybridized carbons (Fsp3) is 1.00. The Bertz CT molecular complexity index is 583. The number of rotatable bonds is 8. The minimum atomic E-state index is -2.90. The molecule has 1 rings (SSSR count). The second kappa shape index (κ2) is 10.6. The fourth-order valence-electron chi connectivity index (χ4n) is 1.66. The zero-order valence-corrected chi connectivity index (χ0v) is 22.3. The van der Waals surface area contributed by atoms with E-state index in [4.69, 9.17) is 51.6 Å². The summed E-state index contributed by atoms with van der Waals surface area (Å²) < 4.78 is 19.2. The number of nitrogens with two attached hydrogens (primary N) is 2. The lowest BCUT2D eigenvalue weighted by molar-refractivity contribution is 1.53. The van der Waals surface area contributed by atoms with Gasteiger partial charge in [-0.2, -0.15) is 18.1 Å². The summed E-state index contributed by atoms with van der Waals surface area (Å²) in [4.78, 5) is 0. The van der Waals surface area contributed by atoms with Crippen LogP contribution in [0.25, 0.3) is 0 Å². The normalized spacial score (nSPS) is 23.7. The summed E-state index contributed by atoms with van der Waals surface area (Å²) in [6.07, 6.45) is 0. The minimum Gasteiger partial charge on any atom is -0.267 e. The molecule has 16 heteroatoms. The molecule has 0 amide bonds. The molecule has 1 aliphatic heterocycles. The van der Waals surface area contributed by atoms with Gasteiger partial charge < -0.3 is 0 Å². The largest absolute Gasteiger partial charge is 0.267 e. The van der Waals surface area contributed by atoms with Gasteiger partial charge in [0.15, 0.2) is 11.2 Å². The second-order valence-electron chi connectivity index (χ2n) is 4.17. The molecule has 0 unspecified atom stereocenters. The molecule has 1 aliphatic rings. The van der Waals surface area contributed by atoms with Crippen LogP contribution < -0.4 is 11.0 Å². The molecule has 0 aliphatic carbocycles. The molecular weight excluding hydrogens is 503 g/mol. The summed E-state index contributed by atoms with van der Waals surface area (Å²) >= 11 is 19.7. The summed E-state index contributed by atoms with van der Waals surface area (Å²) in [7, 11) is -2.85. The molecule has 0 fully saturated rings. The van der Waals surface area contributed by atoms with Crippen LogP contribution in [0, 0.1) is 0 Å². The summed E-state index contributed by atoms with van der Waals surface area (Å²) in [6.45, 7) is 8.20. The Labute approximate surface area is 171 Å². The second-order valence-corrected chi connectivity index (χ2v) is 28.6. The van der Waals surface area contributed by atoms with Crippen molar-refractivity contribution in [2.75, 3.05) is 23.0 Å². The molecule has 144 valence electrons. The van der Waals surface area contributed by atoms with Crippen LogP contribution in [0.15, 0.2) is 18.1 Å². The van der Waals surface area contributed by atoms with E-state index in [0.717, 1.165) is 23.0 Å². The number of halogens is 2. The first-order valence-corrected chi connectivity index (χ1v) is 22.3. The first-order valence-electron chi connectivity index (χ1n) is 7.17. The molecule has 6 nitrogen and oxygen atoms in total. The minimum absolute atomic E-state index is 0.829. The van der Waals surface area contributed by atoms with Crippen molar-refractivity contribution < 1.29 is 0 Å². The zero-order chi connectivity index (χ0) is 18.5. The molecule has 0 bridgehead atoms. The van der Waals surface area contributed by atoms with E-state index in [1.165, 1.54) is 0 Å². The van der Waals surface area contributed by atoms with Gasteiger partial charge >= 0.3 is 0 Å². The lowest BCUT2D eigenvalue weighted by Crippen LogP contribution is -2.02. The third-order valence-corrected chi connectivity index (χ3v) is 30.8. The third kappa shape index (κ3) is 7.68. The van der Waals surface area contributed by atoms with Crippen LogP contribution in [0.5, 0.6) is 0 Å². The SMILES string of the molecule is CCSP1(SCC)=NP(N)(N)=NP(SCC)(SCC)=NP(Cl)(Cl)=N1. The van der Waals surface area contributed by atoms with Gasteiger partial charge in [0, 0.05) is 0 Å². The van der Waals surface area contributed by atoms with Crippen molar-refractivity contribution in [3.8, 4) is 0 Å². The molecule has 1 heterocycles. The van der Waals surface area contributed by atoms with Gasteiger partial charge in [-0.3, -0.25) is 11.0 Å². The van der Waals surface area contributed by atoms with E-state index in [1.807, 2.05) is 27.7 Å². The maximum absolute atomic E-state index is 6.61. The van der Waals surface area contributed by atoms with E-state index >= 15 is 0 Å². The van der Waals surface area contributed by atoms with Crippen molar-refractivity contribution in [3.63, 3.8) is 0 Å². The lowest BCUT2D eigenvalue weighted by Gasteiger charge is -2.28. The molecular formula is C8H24Cl2N6P4S4. The number of hydrogen-bond acceptors (Lipinski definition) is 10. The number of hydrogen-bond donors (Lipinski definition) is 2. The van der Waals surface area contributed by atoms with Crippen molar-refractivity contribution in [1.29, 1.82) is 0 Å². The highest BCUT2D eigenvalue weighted by Crippen LogP contribution is 2.89. The molecule has 0 spiro atoms. The van der Waals surface area contributed by atoms with Gasteiger partial charge in [-0.25, -0.2) is 0 Å².